The molecular formula is C16H23NO. The summed E-state index contributed by atoms with van der Waals surface area (Å²) in [6.45, 7) is 4.27. The summed E-state index contributed by atoms with van der Waals surface area (Å²) in [6.07, 6.45) is 5.28. The summed E-state index contributed by atoms with van der Waals surface area (Å²) in [6, 6.07) is 8.47. The first-order chi connectivity index (χ1) is 8.72. The molecule has 2 aliphatic carbocycles. The lowest BCUT2D eigenvalue weighted by atomic mass is 10.1. The van der Waals surface area contributed by atoms with Gasteiger partial charge < -0.3 is 10.0 Å². The van der Waals surface area contributed by atoms with Crippen LogP contribution >= 0.6 is 0 Å². The van der Waals surface area contributed by atoms with Crippen molar-refractivity contribution in [2.75, 3.05) is 18.0 Å². The third-order valence-corrected chi connectivity index (χ3v) is 4.09. The Balaban J connectivity index is 1.70. The highest BCUT2D eigenvalue weighted by Gasteiger charge is 2.29. The summed E-state index contributed by atoms with van der Waals surface area (Å²) in [7, 11) is 0. The molecule has 2 heteroatoms. The van der Waals surface area contributed by atoms with Gasteiger partial charge in [0, 0.05) is 18.8 Å². The first-order valence-corrected chi connectivity index (χ1v) is 7.25. The normalized spacial score (nSPS) is 20.8. The molecule has 1 atom stereocenters. The number of anilines is 1. The third-order valence-electron chi connectivity index (χ3n) is 4.09. The van der Waals surface area contributed by atoms with Crippen LogP contribution in [0, 0.1) is 11.8 Å². The Labute approximate surface area is 110 Å². The fraction of sp³-hybridized carbons (Fsp3) is 0.625. The predicted octanol–water partition coefficient (Wildman–Crippen LogP) is 3.37. The minimum absolute atomic E-state index is 0.362. The number of benzene rings is 1. The highest BCUT2D eigenvalue weighted by molar-refractivity contribution is 5.48. The maximum atomic E-state index is 9.55. The molecule has 0 saturated heterocycles. The van der Waals surface area contributed by atoms with E-state index in [4.69, 9.17) is 0 Å². The Morgan fingerprint density at radius 1 is 1.06 bits per heavy atom. The third kappa shape index (κ3) is 3.05. The standard InChI is InChI=1S/C16H23NO/c1-12(18)15-6-8-16(9-7-15)17(10-13-2-3-13)11-14-4-5-14/h6-9,12-14,18H,2-5,10-11H2,1H3/t12-/m0/s1. The molecule has 0 unspecified atom stereocenters. The van der Waals surface area contributed by atoms with Gasteiger partial charge in [0.15, 0.2) is 0 Å². The van der Waals surface area contributed by atoms with Crippen LogP contribution in [0.25, 0.3) is 0 Å². The van der Waals surface area contributed by atoms with E-state index in [0.717, 1.165) is 17.4 Å². The highest BCUT2D eigenvalue weighted by atomic mass is 16.3. The van der Waals surface area contributed by atoms with Crippen molar-refractivity contribution < 1.29 is 5.11 Å². The Kier molecular flexibility index (Phi) is 3.29. The van der Waals surface area contributed by atoms with E-state index < -0.39 is 0 Å². The molecule has 18 heavy (non-hydrogen) atoms. The monoisotopic (exact) mass is 245 g/mol. The van der Waals surface area contributed by atoms with Gasteiger partial charge in [0.1, 0.15) is 0 Å². The van der Waals surface area contributed by atoms with Crippen molar-refractivity contribution >= 4 is 5.69 Å². The summed E-state index contributed by atoms with van der Waals surface area (Å²) in [5.41, 5.74) is 2.34. The van der Waals surface area contributed by atoms with E-state index in [9.17, 15) is 5.11 Å². The fourth-order valence-electron chi connectivity index (χ4n) is 2.47. The predicted molar refractivity (Wildman–Crippen MR) is 74.7 cm³/mol. The molecule has 3 rings (SSSR count). The van der Waals surface area contributed by atoms with E-state index in [2.05, 4.69) is 29.2 Å². The molecule has 0 heterocycles. The fourth-order valence-corrected chi connectivity index (χ4v) is 2.47. The summed E-state index contributed by atoms with van der Waals surface area (Å²) in [5, 5.41) is 9.55. The van der Waals surface area contributed by atoms with Crippen LogP contribution in [0.2, 0.25) is 0 Å². The SMILES string of the molecule is C[C@H](O)c1ccc(N(CC2CC2)CC2CC2)cc1. The molecule has 1 aromatic rings. The van der Waals surface area contributed by atoms with Gasteiger partial charge in [0.2, 0.25) is 0 Å². The van der Waals surface area contributed by atoms with Crippen LogP contribution < -0.4 is 4.90 Å². The zero-order valence-corrected chi connectivity index (χ0v) is 11.2. The summed E-state index contributed by atoms with van der Waals surface area (Å²) < 4.78 is 0. The van der Waals surface area contributed by atoms with Crippen molar-refractivity contribution in [1.82, 2.24) is 0 Å². The van der Waals surface area contributed by atoms with Crippen molar-refractivity contribution in [1.29, 1.82) is 0 Å². The molecular weight excluding hydrogens is 222 g/mol. The van der Waals surface area contributed by atoms with Crippen molar-refractivity contribution in [3.8, 4) is 0 Å². The quantitative estimate of drug-likeness (QED) is 0.830. The highest BCUT2D eigenvalue weighted by Crippen LogP contribution is 2.35. The number of nitrogens with zero attached hydrogens (tertiary/aromatic N) is 1. The number of aliphatic hydroxyl groups is 1. The van der Waals surface area contributed by atoms with Crippen LogP contribution in [0.1, 0.15) is 44.3 Å². The van der Waals surface area contributed by atoms with Gasteiger partial charge in [0.05, 0.1) is 6.10 Å². The van der Waals surface area contributed by atoms with E-state index in [0.29, 0.717) is 0 Å². The van der Waals surface area contributed by atoms with Crippen LogP contribution in [-0.4, -0.2) is 18.2 Å². The zero-order valence-electron chi connectivity index (χ0n) is 11.2. The van der Waals surface area contributed by atoms with E-state index in [1.165, 1.54) is 44.5 Å². The molecule has 0 spiro atoms. The molecule has 0 aliphatic heterocycles. The van der Waals surface area contributed by atoms with Gasteiger partial charge in [-0.25, -0.2) is 0 Å². The van der Waals surface area contributed by atoms with E-state index in [1.807, 2.05) is 6.92 Å². The van der Waals surface area contributed by atoms with E-state index in [-0.39, 0.29) is 6.10 Å². The van der Waals surface area contributed by atoms with Crippen molar-refractivity contribution in [2.45, 2.75) is 38.7 Å². The molecule has 2 aliphatic rings. The van der Waals surface area contributed by atoms with Crippen LogP contribution in [-0.2, 0) is 0 Å². The minimum Gasteiger partial charge on any atom is -0.389 e. The van der Waals surface area contributed by atoms with E-state index in [1.54, 1.807) is 0 Å². The smallest absolute Gasteiger partial charge is 0.0761 e. The molecule has 2 fully saturated rings. The van der Waals surface area contributed by atoms with Crippen LogP contribution in [0.3, 0.4) is 0 Å². The van der Waals surface area contributed by atoms with Crippen LogP contribution in [0.5, 0.6) is 0 Å². The molecule has 2 saturated carbocycles. The number of hydrogen-bond acceptors (Lipinski definition) is 2. The van der Waals surface area contributed by atoms with Crippen molar-refractivity contribution in [2.24, 2.45) is 11.8 Å². The molecule has 0 aromatic heterocycles. The van der Waals surface area contributed by atoms with Crippen molar-refractivity contribution in [3.05, 3.63) is 29.8 Å². The Bertz CT molecular complexity index is 376. The number of rotatable bonds is 6. The number of aliphatic hydroxyl groups excluding tert-OH is 1. The van der Waals surface area contributed by atoms with Gasteiger partial charge in [-0.2, -0.15) is 0 Å². The molecule has 0 radical (unpaired) electrons. The van der Waals surface area contributed by atoms with Crippen LogP contribution in [0.4, 0.5) is 5.69 Å². The summed E-state index contributed by atoms with van der Waals surface area (Å²) in [5.74, 6) is 1.86. The maximum absolute atomic E-state index is 9.55. The molecule has 1 N–H and O–H groups in total. The number of hydrogen-bond donors (Lipinski definition) is 1. The average molecular weight is 245 g/mol. The Morgan fingerprint density at radius 3 is 1.94 bits per heavy atom. The molecule has 2 nitrogen and oxygen atoms in total. The van der Waals surface area contributed by atoms with Crippen molar-refractivity contribution in [3.63, 3.8) is 0 Å². The lowest BCUT2D eigenvalue weighted by molar-refractivity contribution is 0.199. The summed E-state index contributed by atoms with van der Waals surface area (Å²) >= 11 is 0. The zero-order chi connectivity index (χ0) is 12.5. The van der Waals surface area contributed by atoms with Gasteiger partial charge in [-0.3, -0.25) is 0 Å². The van der Waals surface area contributed by atoms with Gasteiger partial charge in [0.25, 0.3) is 0 Å². The lowest BCUT2D eigenvalue weighted by Gasteiger charge is -2.25. The van der Waals surface area contributed by atoms with E-state index >= 15 is 0 Å². The molecule has 0 bridgehead atoms. The molecule has 1 aromatic carbocycles. The minimum atomic E-state index is -0.362. The maximum Gasteiger partial charge on any atom is 0.0761 e. The second-order valence-corrected chi connectivity index (χ2v) is 6.06. The Hall–Kier alpha value is -1.02. The van der Waals surface area contributed by atoms with Crippen LogP contribution in [0.15, 0.2) is 24.3 Å². The molecule has 98 valence electrons. The van der Waals surface area contributed by atoms with Gasteiger partial charge in [-0.15, -0.1) is 0 Å². The first kappa shape index (κ1) is 12.0. The largest absolute Gasteiger partial charge is 0.389 e. The van der Waals surface area contributed by atoms with Gasteiger partial charge >= 0.3 is 0 Å². The van der Waals surface area contributed by atoms with Gasteiger partial charge in [-0.1, -0.05) is 12.1 Å². The second-order valence-electron chi connectivity index (χ2n) is 6.06. The molecule has 0 amide bonds. The topological polar surface area (TPSA) is 23.5 Å². The lowest BCUT2D eigenvalue weighted by Crippen LogP contribution is -2.27. The Morgan fingerprint density at radius 2 is 1.56 bits per heavy atom. The van der Waals surface area contributed by atoms with Gasteiger partial charge in [-0.05, 0) is 62.1 Å². The second kappa shape index (κ2) is 4.93. The average Bonchev–Trinajstić information content (AvgIpc) is 3.23. The first-order valence-electron chi connectivity index (χ1n) is 7.25. The summed E-state index contributed by atoms with van der Waals surface area (Å²) in [4.78, 5) is 2.56.